The number of hydrogen-bond donors (Lipinski definition) is 1. The van der Waals surface area contributed by atoms with Crippen molar-refractivity contribution >= 4 is 16.6 Å². The number of pyridine rings is 1. The maximum absolute atomic E-state index is 14.7. The Morgan fingerprint density at radius 1 is 0.688 bits per heavy atom. The predicted molar refractivity (Wildman–Crippen MR) is 126 cm³/mol. The first-order chi connectivity index (χ1) is 15.7. The lowest BCUT2D eigenvalue weighted by Gasteiger charge is -2.12. The molecular formula is C28H20F2N2. The van der Waals surface area contributed by atoms with Gasteiger partial charge >= 0.3 is 0 Å². The number of fused-ring (bicyclic) bond motifs is 1. The highest BCUT2D eigenvalue weighted by Gasteiger charge is 2.08. The first-order valence-electron chi connectivity index (χ1n) is 10.4. The fourth-order valence-corrected chi connectivity index (χ4v) is 3.84. The molecule has 0 bridgehead atoms. The Kier molecular flexibility index (Phi) is 5.34. The highest BCUT2D eigenvalue weighted by atomic mass is 19.1. The summed E-state index contributed by atoms with van der Waals surface area (Å²) in [4.78, 5) is 4.69. The van der Waals surface area contributed by atoms with Crippen molar-refractivity contribution in [3.8, 4) is 22.4 Å². The number of anilines is 1. The highest BCUT2D eigenvalue weighted by molar-refractivity contribution is 5.92. The minimum atomic E-state index is -0.287. The van der Waals surface area contributed by atoms with Crippen LogP contribution in [0.25, 0.3) is 33.3 Å². The largest absolute Gasteiger partial charge is 0.380 e. The van der Waals surface area contributed by atoms with E-state index in [0.29, 0.717) is 17.8 Å². The second-order valence-corrected chi connectivity index (χ2v) is 7.61. The summed E-state index contributed by atoms with van der Waals surface area (Å²) in [7, 11) is 0. The topological polar surface area (TPSA) is 24.9 Å². The zero-order valence-electron chi connectivity index (χ0n) is 17.2. The molecule has 0 fully saturated rings. The first-order valence-corrected chi connectivity index (χ1v) is 10.4. The molecule has 2 nitrogen and oxygen atoms in total. The molecule has 0 atom stereocenters. The fourth-order valence-electron chi connectivity index (χ4n) is 3.84. The maximum atomic E-state index is 14.7. The molecule has 1 aromatic heterocycles. The van der Waals surface area contributed by atoms with Crippen molar-refractivity contribution in [3.63, 3.8) is 0 Å². The van der Waals surface area contributed by atoms with Gasteiger partial charge in [-0.3, -0.25) is 0 Å². The number of benzene rings is 4. The third-order valence-corrected chi connectivity index (χ3v) is 5.45. The molecule has 156 valence electrons. The van der Waals surface area contributed by atoms with Crippen LogP contribution in [0, 0.1) is 11.6 Å². The quantitative estimate of drug-likeness (QED) is 0.318. The van der Waals surface area contributed by atoms with E-state index in [2.05, 4.69) is 5.32 Å². The zero-order valence-corrected chi connectivity index (χ0v) is 17.2. The smallest absolute Gasteiger partial charge is 0.131 e. The van der Waals surface area contributed by atoms with Crippen LogP contribution in [0.4, 0.5) is 14.5 Å². The summed E-state index contributed by atoms with van der Waals surface area (Å²) < 4.78 is 28.3. The van der Waals surface area contributed by atoms with E-state index in [0.717, 1.165) is 33.3 Å². The number of nitrogens with one attached hydrogen (secondary N) is 1. The summed E-state index contributed by atoms with van der Waals surface area (Å²) in [5.74, 6) is -0.528. The number of rotatable bonds is 5. The molecule has 0 radical (unpaired) electrons. The molecular weight excluding hydrogens is 402 g/mol. The highest BCUT2D eigenvalue weighted by Crippen LogP contribution is 2.28. The molecule has 0 aliphatic carbocycles. The Balaban J connectivity index is 1.38. The molecule has 0 unspecified atom stereocenters. The van der Waals surface area contributed by atoms with Gasteiger partial charge in [0.1, 0.15) is 11.6 Å². The molecule has 0 aliphatic rings. The van der Waals surface area contributed by atoms with E-state index in [4.69, 9.17) is 4.98 Å². The molecule has 32 heavy (non-hydrogen) atoms. The average molecular weight is 422 g/mol. The van der Waals surface area contributed by atoms with Crippen LogP contribution < -0.4 is 5.32 Å². The molecule has 4 heteroatoms. The molecule has 1 heterocycles. The molecule has 5 aromatic rings. The van der Waals surface area contributed by atoms with Gasteiger partial charge < -0.3 is 5.32 Å². The number of halogens is 2. The Labute approximate surface area is 185 Å². The molecule has 0 saturated carbocycles. The lowest BCUT2D eigenvalue weighted by atomic mass is 10.0. The maximum Gasteiger partial charge on any atom is 0.131 e. The fraction of sp³-hybridized carbons (Fsp3) is 0.0357. The predicted octanol–water partition coefficient (Wildman–Crippen LogP) is 7.46. The third-order valence-electron chi connectivity index (χ3n) is 5.45. The SMILES string of the molecule is Fc1cccc(-c2ccc3c(NCc4ccc(-c5ccccc5)c(F)c4)cccc3n2)c1. The van der Waals surface area contributed by atoms with Gasteiger partial charge in [-0.15, -0.1) is 0 Å². The van der Waals surface area contributed by atoms with E-state index in [-0.39, 0.29) is 11.6 Å². The summed E-state index contributed by atoms with van der Waals surface area (Å²) in [6.07, 6.45) is 0. The van der Waals surface area contributed by atoms with Gasteiger partial charge in [0, 0.05) is 28.7 Å². The van der Waals surface area contributed by atoms with Crippen molar-refractivity contribution in [1.82, 2.24) is 4.98 Å². The van der Waals surface area contributed by atoms with E-state index in [1.54, 1.807) is 12.1 Å². The second kappa shape index (κ2) is 8.60. The number of nitrogens with zero attached hydrogens (tertiary/aromatic N) is 1. The Hall–Kier alpha value is -4.05. The van der Waals surface area contributed by atoms with Crippen LogP contribution in [-0.2, 0) is 6.54 Å². The molecule has 0 saturated heterocycles. The van der Waals surface area contributed by atoms with E-state index >= 15 is 0 Å². The van der Waals surface area contributed by atoms with Gasteiger partial charge in [0.15, 0.2) is 0 Å². The third kappa shape index (κ3) is 4.08. The minimum absolute atomic E-state index is 0.241. The van der Waals surface area contributed by atoms with Crippen molar-refractivity contribution < 1.29 is 8.78 Å². The van der Waals surface area contributed by atoms with Gasteiger partial charge in [-0.2, -0.15) is 0 Å². The number of hydrogen-bond acceptors (Lipinski definition) is 2. The number of aromatic nitrogens is 1. The molecule has 0 spiro atoms. The van der Waals surface area contributed by atoms with Gasteiger partial charge in [0.05, 0.1) is 11.2 Å². The molecule has 0 amide bonds. The van der Waals surface area contributed by atoms with Gasteiger partial charge in [-0.1, -0.05) is 60.7 Å². The molecule has 4 aromatic carbocycles. The first kappa shape index (κ1) is 19.9. The van der Waals surface area contributed by atoms with Crippen molar-refractivity contribution in [2.24, 2.45) is 0 Å². The summed E-state index contributed by atoms with van der Waals surface area (Å²) in [5.41, 5.74) is 5.47. The van der Waals surface area contributed by atoms with Crippen molar-refractivity contribution in [2.45, 2.75) is 6.54 Å². The monoisotopic (exact) mass is 422 g/mol. The van der Waals surface area contributed by atoms with Crippen molar-refractivity contribution in [3.05, 3.63) is 120 Å². The minimum Gasteiger partial charge on any atom is -0.380 e. The van der Waals surface area contributed by atoms with Gasteiger partial charge in [0.2, 0.25) is 0 Å². The summed E-state index contributed by atoms with van der Waals surface area (Å²) in [6.45, 7) is 0.483. The molecule has 5 rings (SSSR count). The Morgan fingerprint density at radius 2 is 1.50 bits per heavy atom. The van der Waals surface area contributed by atoms with Crippen molar-refractivity contribution in [2.75, 3.05) is 5.32 Å². The summed E-state index contributed by atoms with van der Waals surface area (Å²) in [5, 5.41) is 4.34. The van der Waals surface area contributed by atoms with E-state index in [1.165, 1.54) is 12.1 Å². The second-order valence-electron chi connectivity index (χ2n) is 7.61. The van der Waals surface area contributed by atoms with Crippen molar-refractivity contribution in [1.29, 1.82) is 0 Å². The van der Waals surface area contributed by atoms with Crippen LogP contribution in [-0.4, -0.2) is 4.98 Å². The van der Waals surface area contributed by atoms with Crippen LogP contribution in [0.1, 0.15) is 5.56 Å². The van der Waals surface area contributed by atoms with Crippen LogP contribution in [0.15, 0.2) is 103 Å². The Bertz CT molecular complexity index is 1400. The van der Waals surface area contributed by atoms with Crippen LogP contribution in [0.5, 0.6) is 0 Å². The normalized spacial score (nSPS) is 10.9. The standard InChI is InChI=1S/C28H20F2N2/c29-22-9-4-8-21(17-22)26-15-14-24-27(10-5-11-28(24)32-26)31-18-19-12-13-23(25(30)16-19)20-6-2-1-3-7-20/h1-17,31H,18H2. The molecule has 1 N–H and O–H groups in total. The van der Waals surface area contributed by atoms with Gasteiger partial charge in [-0.05, 0) is 53.6 Å². The lowest BCUT2D eigenvalue weighted by Crippen LogP contribution is -2.01. The Morgan fingerprint density at radius 3 is 2.31 bits per heavy atom. The van der Waals surface area contributed by atoms with E-state index < -0.39 is 0 Å². The van der Waals surface area contributed by atoms with E-state index in [9.17, 15) is 8.78 Å². The van der Waals surface area contributed by atoms with Gasteiger partial charge in [0.25, 0.3) is 0 Å². The van der Waals surface area contributed by atoms with Crippen LogP contribution in [0.3, 0.4) is 0 Å². The average Bonchev–Trinajstić information content (AvgIpc) is 2.83. The summed E-state index contributed by atoms with van der Waals surface area (Å²) in [6, 6.07) is 30.9. The van der Waals surface area contributed by atoms with Crippen LogP contribution in [0.2, 0.25) is 0 Å². The lowest BCUT2D eigenvalue weighted by molar-refractivity contribution is 0.628. The van der Waals surface area contributed by atoms with Crippen LogP contribution >= 0.6 is 0 Å². The summed E-state index contributed by atoms with van der Waals surface area (Å²) >= 11 is 0. The zero-order chi connectivity index (χ0) is 21.9. The van der Waals surface area contributed by atoms with Gasteiger partial charge in [-0.25, -0.2) is 13.8 Å². The molecule has 0 aliphatic heterocycles. The van der Waals surface area contributed by atoms with E-state index in [1.807, 2.05) is 78.9 Å².